The second kappa shape index (κ2) is 7.04. The summed E-state index contributed by atoms with van der Waals surface area (Å²) in [5.74, 6) is 0.351. The molecular weight excluding hydrogens is 324 g/mol. The van der Waals surface area contributed by atoms with Crippen LogP contribution >= 0.6 is 12.4 Å². The van der Waals surface area contributed by atoms with Crippen molar-refractivity contribution in [1.29, 1.82) is 0 Å². The van der Waals surface area contributed by atoms with Crippen LogP contribution in [0.15, 0.2) is 6.07 Å². The van der Waals surface area contributed by atoms with Gasteiger partial charge in [-0.15, -0.1) is 12.4 Å². The zero-order valence-corrected chi connectivity index (χ0v) is 16.9. The Labute approximate surface area is 152 Å². The molecule has 1 fully saturated rings. The normalized spacial score (nSPS) is 20.9. The van der Waals surface area contributed by atoms with Gasteiger partial charge in [0.25, 0.3) is 5.91 Å². The van der Waals surface area contributed by atoms with Crippen LogP contribution < -0.4 is 5.73 Å². The summed E-state index contributed by atoms with van der Waals surface area (Å²) in [4.78, 5) is 14.8. The first kappa shape index (κ1) is 21.0. The van der Waals surface area contributed by atoms with E-state index in [2.05, 4.69) is 53.6 Å². The summed E-state index contributed by atoms with van der Waals surface area (Å²) in [6, 6.07) is 2.10. The predicted octanol–water partition coefficient (Wildman–Crippen LogP) is 3.38. The summed E-state index contributed by atoms with van der Waals surface area (Å²) >= 11 is 0. The van der Waals surface area contributed by atoms with Gasteiger partial charge in [-0.1, -0.05) is 27.7 Å². The Bertz CT molecular complexity index is 586. The van der Waals surface area contributed by atoms with Crippen LogP contribution in [0.3, 0.4) is 0 Å². The van der Waals surface area contributed by atoms with Gasteiger partial charge in [-0.3, -0.25) is 9.48 Å². The molecule has 1 atom stereocenters. The van der Waals surface area contributed by atoms with Gasteiger partial charge in [0, 0.05) is 24.8 Å². The minimum absolute atomic E-state index is 0. The van der Waals surface area contributed by atoms with Gasteiger partial charge < -0.3 is 10.6 Å². The van der Waals surface area contributed by atoms with E-state index in [-0.39, 0.29) is 35.3 Å². The highest BCUT2D eigenvalue weighted by Crippen LogP contribution is 2.29. The lowest BCUT2D eigenvalue weighted by Crippen LogP contribution is -2.54. The average Bonchev–Trinajstić information content (AvgIpc) is 2.86. The van der Waals surface area contributed by atoms with Gasteiger partial charge >= 0.3 is 0 Å². The SMILES string of the molecule is CC(C)c1cc(C(=O)N2CCC(N)C(C)(C)C2)nn1C(C)(C)C.Cl. The van der Waals surface area contributed by atoms with E-state index in [1.54, 1.807) is 0 Å². The zero-order chi connectivity index (χ0) is 17.6. The van der Waals surface area contributed by atoms with E-state index in [1.807, 2.05) is 15.6 Å². The Morgan fingerprint density at radius 1 is 1.38 bits per heavy atom. The van der Waals surface area contributed by atoms with Gasteiger partial charge in [-0.25, -0.2) is 0 Å². The number of likely N-dealkylation sites (tertiary alicyclic amines) is 1. The fourth-order valence-corrected chi connectivity index (χ4v) is 3.16. The van der Waals surface area contributed by atoms with Gasteiger partial charge in [0.15, 0.2) is 5.69 Å². The molecule has 138 valence electrons. The van der Waals surface area contributed by atoms with Crippen LogP contribution in [0.4, 0.5) is 0 Å². The van der Waals surface area contributed by atoms with E-state index >= 15 is 0 Å². The number of nitrogens with zero attached hydrogens (tertiary/aromatic N) is 3. The largest absolute Gasteiger partial charge is 0.337 e. The van der Waals surface area contributed by atoms with Crippen molar-refractivity contribution in [3.8, 4) is 0 Å². The van der Waals surface area contributed by atoms with Crippen molar-refractivity contribution in [1.82, 2.24) is 14.7 Å². The van der Waals surface area contributed by atoms with Crippen LogP contribution in [-0.2, 0) is 5.54 Å². The number of amides is 1. The Morgan fingerprint density at radius 3 is 2.38 bits per heavy atom. The molecule has 0 saturated carbocycles. The predicted molar refractivity (Wildman–Crippen MR) is 101 cm³/mol. The summed E-state index contributed by atoms with van der Waals surface area (Å²) in [5, 5.41) is 4.64. The summed E-state index contributed by atoms with van der Waals surface area (Å²) < 4.78 is 1.99. The first-order valence-corrected chi connectivity index (χ1v) is 8.59. The van der Waals surface area contributed by atoms with Crippen molar-refractivity contribution in [3.63, 3.8) is 0 Å². The van der Waals surface area contributed by atoms with Crippen LogP contribution in [0, 0.1) is 5.41 Å². The van der Waals surface area contributed by atoms with Crippen LogP contribution in [0.25, 0.3) is 0 Å². The summed E-state index contributed by atoms with van der Waals surface area (Å²) in [7, 11) is 0. The first-order valence-electron chi connectivity index (χ1n) is 8.59. The van der Waals surface area contributed by atoms with E-state index in [0.29, 0.717) is 24.7 Å². The minimum Gasteiger partial charge on any atom is -0.337 e. The van der Waals surface area contributed by atoms with Crippen LogP contribution in [0.5, 0.6) is 0 Å². The highest BCUT2D eigenvalue weighted by Gasteiger charge is 2.36. The molecule has 1 saturated heterocycles. The lowest BCUT2D eigenvalue weighted by Gasteiger charge is -2.42. The molecule has 0 radical (unpaired) electrons. The lowest BCUT2D eigenvalue weighted by molar-refractivity contribution is 0.0526. The van der Waals surface area contributed by atoms with Gasteiger partial charge in [0.2, 0.25) is 0 Å². The van der Waals surface area contributed by atoms with Crippen LogP contribution in [-0.4, -0.2) is 39.7 Å². The van der Waals surface area contributed by atoms with Crippen molar-refractivity contribution in [2.24, 2.45) is 11.1 Å². The third-order valence-corrected chi connectivity index (χ3v) is 4.78. The van der Waals surface area contributed by atoms with E-state index in [1.165, 1.54) is 0 Å². The molecule has 2 rings (SSSR count). The highest BCUT2D eigenvalue weighted by atomic mass is 35.5. The molecule has 1 aromatic rings. The molecule has 1 aromatic heterocycles. The van der Waals surface area contributed by atoms with Crippen LogP contribution in [0.2, 0.25) is 0 Å². The smallest absolute Gasteiger partial charge is 0.274 e. The van der Waals surface area contributed by atoms with Crippen molar-refractivity contribution in [2.75, 3.05) is 13.1 Å². The number of rotatable bonds is 2. The molecule has 1 aliphatic rings. The molecule has 0 aliphatic carbocycles. The molecule has 1 aliphatic heterocycles. The van der Waals surface area contributed by atoms with Crippen molar-refractivity contribution >= 4 is 18.3 Å². The quantitative estimate of drug-likeness (QED) is 0.883. The fraction of sp³-hybridized carbons (Fsp3) is 0.778. The van der Waals surface area contributed by atoms with Crippen molar-refractivity contribution in [2.45, 2.75) is 72.4 Å². The zero-order valence-electron chi connectivity index (χ0n) is 16.1. The monoisotopic (exact) mass is 356 g/mol. The van der Waals surface area contributed by atoms with Crippen molar-refractivity contribution in [3.05, 3.63) is 17.5 Å². The molecule has 0 aromatic carbocycles. The first-order chi connectivity index (χ1) is 10.4. The Hall–Kier alpha value is -1.07. The third-order valence-electron chi connectivity index (χ3n) is 4.78. The van der Waals surface area contributed by atoms with E-state index in [9.17, 15) is 4.79 Å². The number of carbonyl (C=O) groups is 1. The van der Waals surface area contributed by atoms with Crippen molar-refractivity contribution < 1.29 is 4.79 Å². The maximum Gasteiger partial charge on any atom is 0.274 e. The van der Waals surface area contributed by atoms with E-state index in [0.717, 1.165) is 12.1 Å². The number of carbonyl (C=O) groups excluding carboxylic acids is 1. The second-order valence-electron chi connectivity index (χ2n) is 8.80. The number of piperidine rings is 1. The Balaban J connectivity index is 0.00000288. The Kier molecular flexibility index (Phi) is 6.16. The maximum absolute atomic E-state index is 12.9. The van der Waals surface area contributed by atoms with Gasteiger partial charge in [-0.05, 0) is 44.6 Å². The second-order valence-corrected chi connectivity index (χ2v) is 8.80. The molecule has 2 heterocycles. The van der Waals surface area contributed by atoms with Gasteiger partial charge in [-0.2, -0.15) is 5.10 Å². The molecule has 0 bridgehead atoms. The average molecular weight is 357 g/mol. The van der Waals surface area contributed by atoms with Crippen LogP contribution in [0.1, 0.15) is 77.0 Å². The number of halogens is 1. The Morgan fingerprint density at radius 2 is 1.96 bits per heavy atom. The molecular formula is C18H33ClN4O. The summed E-state index contributed by atoms with van der Waals surface area (Å²) in [6.45, 7) is 16.3. The standard InChI is InChI=1S/C18H32N4O.ClH/c1-12(2)14-10-13(20-22(14)17(3,4)5)16(23)21-9-8-15(19)18(6,7)11-21;/h10,12,15H,8-9,11,19H2,1-7H3;1H. The fourth-order valence-electron chi connectivity index (χ4n) is 3.16. The summed E-state index contributed by atoms with van der Waals surface area (Å²) in [6.07, 6.45) is 0.843. The number of aromatic nitrogens is 2. The maximum atomic E-state index is 12.9. The molecule has 0 spiro atoms. The lowest BCUT2D eigenvalue weighted by atomic mass is 9.79. The topological polar surface area (TPSA) is 64.2 Å². The molecule has 2 N–H and O–H groups in total. The number of nitrogens with two attached hydrogens (primary N) is 1. The van der Waals surface area contributed by atoms with Gasteiger partial charge in [0.05, 0.1) is 5.54 Å². The van der Waals surface area contributed by atoms with E-state index in [4.69, 9.17) is 5.73 Å². The minimum atomic E-state index is -0.137. The number of hydrogen-bond acceptors (Lipinski definition) is 3. The van der Waals surface area contributed by atoms with Gasteiger partial charge in [0.1, 0.15) is 0 Å². The molecule has 1 unspecified atom stereocenters. The molecule has 6 heteroatoms. The molecule has 5 nitrogen and oxygen atoms in total. The molecule has 1 amide bonds. The third kappa shape index (κ3) is 4.12. The molecule has 24 heavy (non-hydrogen) atoms. The number of hydrogen-bond donors (Lipinski definition) is 1. The summed E-state index contributed by atoms with van der Waals surface area (Å²) in [5.41, 5.74) is 7.65. The van der Waals surface area contributed by atoms with E-state index < -0.39 is 0 Å². The highest BCUT2D eigenvalue weighted by molar-refractivity contribution is 5.92.